The fraction of sp³-hybridized carbons (Fsp3) is 0.250. The molecule has 2 aromatic rings. The Morgan fingerprint density at radius 2 is 1.89 bits per heavy atom. The van der Waals surface area contributed by atoms with Crippen LogP contribution in [0.1, 0.15) is 5.56 Å². The van der Waals surface area contributed by atoms with Crippen molar-refractivity contribution in [3.63, 3.8) is 0 Å². The van der Waals surface area contributed by atoms with Crippen LogP contribution >= 0.6 is 0 Å². The van der Waals surface area contributed by atoms with Crippen LogP contribution < -0.4 is 10.3 Å². The molecule has 0 atom stereocenters. The molecular formula is C12H11F3N2O2. The predicted molar refractivity (Wildman–Crippen MR) is 62.9 cm³/mol. The topological polar surface area (TPSA) is 47.0 Å². The maximum absolute atomic E-state index is 12.3. The van der Waals surface area contributed by atoms with Crippen LogP contribution in [0.3, 0.4) is 0 Å². The van der Waals surface area contributed by atoms with Crippen molar-refractivity contribution in [1.82, 2.24) is 9.78 Å². The molecular weight excluding hydrogens is 261 g/mol. The Bertz CT molecular complexity index is 656. The highest BCUT2D eigenvalue weighted by molar-refractivity contribution is 5.69. The number of nitrogens with one attached hydrogen (secondary N) is 1. The summed E-state index contributed by atoms with van der Waals surface area (Å²) in [6.07, 6.45) is -4.78. The first-order chi connectivity index (χ1) is 8.79. The van der Waals surface area contributed by atoms with Crippen LogP contribution in [0.4, 0.5) is 13.2 Å². The van der Waals surface area contributed by atoms with Crippen molar-refractivity contribution >= 4 is 0 Å². The summed E-state index contributed by atoms with van der Waals surface area (Å²) in [5.41, 5.74) is 0.542. The van der Waals surface area contributed by atoms with Crippen molar-refractivity contribution < 1.29 is 17.9 Å². The lowest BCUT2D eigenvalue weighted by atomic mass is 10.1. The molecule has 0 bridgehead atoms. The molecule has 1 heterocycles. The van der Waals surface area contributed by atoms with Gasteiger partial charge >= 0.3 is 6.36 Å². The second-order valence-electron chi connectivity index (χ2n) is 4.02. The molecule has 4 nitrogen and oxygen atoms in total. The Morgan fingerprint density at radius 1 is 1.26 bits per heavy atom. The van der Waals surface area contributed by atoms with Gasteiger partial charge in [-0.25, -0.2) is 0 Å². The highest BCUT2D eigenvalue weighted by atomic mass is 19.4. The SMILES string of the molecule is Cc1c(-c2ccccc2OC(F)(F)F)[nH]n(C)c1=O. The monoisotopic (exact) mass is 272 g/mol. The number of ether oxygens (including phenoxy) is 1. The molecule has 0 saturated carbocycles. The van der Waals surface area contributed by atoms with E-state index in [9.17, 15) is 18.0 Å². The van der Waals surface area contributed by atoms with Gasteiger partial charge in [-0.15, -0.1) is 13.2 Å². The van der Waals surface area contributed by atoms with Gasteiger partial charge in [0.25, 0.3) is 5.56 Å². The van der Waals surface area contributed by atoms with Crippen LogP contribution in [0.5, 0.6) is 5.75 Å². The summed E-state index contributed by atoms with van der Waals surface area (Å²) in [7, 11) is 1.49. The van der Waals surface area contributed by atoms with Gasteiger partial charge in [0.1, 0.15) is 5.75 Å². The van der Waals surface area contributed by atoms with Crippen molar-refractivity contribution in [3.05, 3.63) is 40.2 Å². The number of para-hydroxylation sites is 1. The normalized spacial score (nSPS) is 11.6. The summed E-state index contributed by atoms with van der Waals surface area (Å²) in [5.74, 6) is -0.347. The molecule has 1 N–H and O–H groups in total. The first-order valence-corrected chi connectivity index (χ1v) is 5.40. The molecule has 2 rings (SSSR count). The van der Waals surface area contributed by atoms with Crippen LogP contribution in [0.25, 0.3) is 11.3 Å². The molecule has 0 radical (unpaired) electrons. The summed E-state index contributed by atoms with van der Waals surface area (Å²) in [5, 5.41) is 2.71. The molecule has 1 aromatic heterocycles. The van der Waals surface area contributed by atoms with Crippen molar-refractivity contribution in [2.45, 2.75) is 13.3 Å². The van der Waals surface area contributed by atoms with Gasteiger partial charge in [0.2, 0.25) is 0 Å². The number of rotatable bonds is 2. The Balaban J connectivity index is 2.56. The van der Waals surface area contributed by atoms with E-state index in [0.717, 1.165) is 0 Å². The molecule has 102 valence electrons. The highest BCUT2D eigenvalue weighted by Gasteiger charge is 2.32. The summed E-state index contributed by atoms with van der Waals surface area (Å²) in [4.78, 5) is 11.6. The van der Waals surface area contributed by atoms with Gasteiger partial charge in [-0.3, -0.25) is 14.6 Å². The number of benzene rings is 1. The molecule has 7 heteroatoms. The van der Waals surface area contributed by atoms with Gasteiger partial charge in [-0.05, 0) is 19.1 Å². The summed E-state index contributed by atoms with van der Waals surface area (Å²) < 4.78 is 42.1. The van der Waals surface area contributed by atoms with Crippen molar-refractivity contribution in [2.75, 3.05) is 0 Å². The zero-order chi connectivity index (χ0) is 14.2. The van der Waals surface area contributed by atoms with E-state index in [4.69, 9.17) is 0 Å². The minimum atomic E-state index is -4.78. The number of aromatic nitrogens is 2. The molecule has 0 aliphatic heterocycles. The standard InChI is InChI=1S/C12H11F3N2O2/c1-7-10(16-17(2)11(7)18)8-5-3-4-6-9(8)19-12(13,14)15/h3-6,16H,1-2H3. The number of H-pyrrole nitrogens is 1. The van der Waals surface area contributed by atoms with Gasteiger partial charge in [-0.2, -0.15) is 0 Å². The van der Waals surface area contributed by atoms with Crippen LogP contribution in [-0.4, -0.2) is 16.1 Å². The quantitative estimate of drug-likeness (QED) is 0.913. The summed E-state index contributed by atoms with van der Waals surface area (Å²) in [6, 6.07) is 5.66. The molecule has 0 amide bonds. The van der Waals surface area contributed by atoms with E-state index < -0.39 is 6.36 Å². The van der Waals surface area contributed by atoms with Gasteiger partial charge in [0.05, 0.1) is 5.69 Å². The molecule has 1 aromatic carbocycles. The zero-order valence-electron chi connectivity index (χ0n) is 10.2. The van der Waals surface area contributed by atoms with Crippen molar-refractivity contribution in [1.29, 1.82) is 0 Å². The fourth-order valence-electron chi connectivity index (χ4n) is 1.81. The number of halogens is 3. The second kappa shape index (κ2) is 4.49. The molecule has 0 aliphatic rings. The third-order valence-electron chi connectivity index (χ3n) is 2.66. The first kappa shape index (κ1) is 13.3. The van der Waals surface area contributed by atoms with E-state index in [-0.39, 0.29) is 16.9 Å². The lowest BCUT2D eigenvalue weighted by Crippen LogP contribution is -2.17. The van der Waals surface area contributed by atoms with E-state index >= 15 is 0 Å². The van der Waals surface area contributed by atoms with Crippen molar-refractivity contribution in [3.8, 4) is 17.0 Å². The zero-order valence-corrected chi connectivity index (χ0v) is 10.2. The van der Waals surface area contributed by atoms with Crippen molar-refractivity contribution in [2.24, 2.45) is 7.05 Å². The minimum Gasteiger partial charge on any atom is -0.405 e. The summed E-state index contributed by atoms with van der Waals surface area (Å²) in [6.45, 7) is 1.54. The van der Waals surface area contributed by atoms with E-state index in [0.29, 0.717) is 11.3 Å². The van der Waals surface area contributed by atoms with Gasteiger partial charge in [-0.1, -0.05) is 12.1 Å². The highest BCUT2D eigenvalue weighted by Crippen LogP contribution is 2.33. The Hall–Kier alpha value is -2.18. The Morgan fingerprint density at radius 3 is 2.42 bits per heavy atom. The van der Waals surface area contributed by atoms with Crippen LogP contribution in [-0.2, 0) is 7.05 Å². The Kier molecular flexibility index (Phi) is 3.13. The second-order valence-corrected chi connectivity index (χ2v) is 4.02. The first-order valence-electron chi connectivity index (χ1n) is 5.40. The van der Waals surface area contributed by atoms with Gasteiger partial charge in [0.15, 0.2) is 0 Å². The maximum Gasteiger partial charge on any atom is 0.573 e. The lowest BCUT2D eigenvalue weighted by molar-refractivity contribution is -0.274. The Labute approximate surface area is 106 Å². The average molecular weight is 272 g/mol. The smallest absolute Gasteiger partial charge is 0.405 e. The number of hydrogen-bond acceptors (Lipinski definition) is 2. The lowest BCUT2D eigenvalue weighted by Gasteiger charge is -2.12. The predicted octanol–water partition coefficient (Wildman–Crippen LogP) is 2.59. The molecule has 0 aliphatic carbocycles. The van der Waals surface area contributed by atoms with E-state index in [2.05, 4.69) is 9.84 Å². The summed E-state index contributed by atoms with van der Waals surface area (Å²) >= 11 is 0. The molecule has 0 saturated heterocycles. The van der Waals surface area contributed by atoms with Gasteiger partial charge in [0, 0.05) is 18.2 Å². The van der Waals surface area contributed by atoms with E-state index in [1.54, 1.807) is 13.0 Å². The number of aryl methyl sites for hydroxylation is 1. The molecule has 0 fully saturated rings. The average Bonchev–Trinajstić information content (AvgIpc) is 2.56. The largest absolute Gasteiger partial charge is 0.573 e. The van der Waals surface area contributed by atoms with Gasteiger partial charge < -0.3 is 4.74 Å². The fourth-order valence-corrected chi connectivity index (χ4v) is 1.81. The third kappa shape index (κ3) is 2.64. The number of hydrogen-bond donors (Lipinski definition) is 1. The van der Waals surface area contributed by atoms with E-state index in [1.807, 2.05) is 0 Å². The minimum absolute atomic E-state index is 0.190. The maximum atomic E-state index is 12.3. The molecule has 19 heavy (non-hydrogen) atoms. The molecule has 0 unspecified atom stereocenters. The number of aromatic amines is 1. The third-order valence-corrected chi connectivity index (χ3v) is 2.66. The number of alkyl halides is 3. The number of nitrogens with zero attached hydrogens (tertiary/aromatic N) is 1. The van der Waals surface area contributed by atoms with E-state index in [1.165, 1.54) is 29.9 Å². The molecule has 0 spiro atoms. The van der Waals surface area contributed by atoms with Crippen LogP contribution in [0.2, 0.25) is 0 Å². The van der Waals surface area contributed by atoms with Crippen LogP contribution in [0.15, 0.2) is 29.1 Å². The van der Waals surface area contributed by atoms with Crippen LogP contribution in [0, 0.1) is 6.92 Å².